The van der Waals surface area contributed by atoms with Gasteiger partial charge in [0.05, 0.1) is 21.5 Å². The predicted molar refractivity (Wildman–Crippen MR) is 116 cm³/mol. The third kappa shape index (κ3) is 4.33. The van der Waals surface area contributed by atoms with Crippen LogP contribution in [0.5, 0.6) is 0 Å². The Bertz CT molecular complexity index is 991. The molecule has 1 aromatic carbocycles. The number of hydrogen-bond acceptors (Lipinski definition) is 5. The van der Waals surface area contributed by atoms with Crippen molar-refractivity contribution in [2.75, 3.05) is 5.32 Å². The van der Waals surface area contributed by atoms with E-state index in [-0.39, 0.29) is 11.2 Å². The molecular formula is C21H25N3OS2. The molecule has 1 unspecified atom stereocenters. The minimum atomic E-state index is -0.204. The van der Waals surface area contributed by atoms with Crippen LogP contribution in [0.15, 0.2) is 23.2 Å². The highest BCUT2D eigenvalue weighted by molar-refractivity contribution is 8.00. The fourth-order valence-corrected chi connectivity index (χ4v) is 4.89. The van der Waals surface area contributed by atoms with Crippen LogP contribution >= 0.6 is 23.1 Å². The van der Waals surface area contributed by atoms with Crippen LogP contribution in [-0.2, 0) is 4.79 Å². The molecule has 4 nitrogen and oxygen atoms in total. The molecule has 0 fully saturated rings. The van der Waals surface area contributed by atoms with E-state index in [1.165, 1.54) is 45.2 Å². The van der Waals surface area contributed by atoms with E-state index in [0.29, 0.717) is 5.13 Å². The van der Waals surface area contributed by atoms with Gasteiger partial charge in [-0.3, -0.25) is 4.79 Å². The highest BCUT2D eigenvalue weighted by Crippen LogP contribution is 2.31. The molecule has 3 rings (SSSR count). The number of anilines is 1. The summed E-state index contributed by atoms with van der Waals surface area (Å²) in [7, 11) is 0. The van der Waals surface area contributed by atoms with Gasteiger partial charge in [-0.2, -0.15) is 0 Å². The second kappa shape index (κ2) is 7.98. The van der Waals surface area contributed by atoms with E-state index in [0.717, 1.165) is 27.5 Å². The van der Waals surface area contributed by atoms with Gasteiger partial charge in [0.15, 0.2) is 5.13 Å². The van der Waals surface area contributed by atoms with Gasteiger partial charge in [0.1, 0.15) is 0 Å². The van der Waals surface area contributed by atoms with Gasteiger partial charge in [-0.05, 0) is 64.3 Å². The second-order valence-electron chi connectivity index (χ2n) is 6.92. The number of rotatable bonds is 5. The molecule has 1 amide bonds. The number of carbonyl (C=O) groups is 1. The van der Waals surface area contributed by atoms with Crippen LogP contribution in [0.1, 0.15) is 40.6 Å². The average molecular weight is 400 g/mol. The number of aryl methyl sites for hydroxylation is 5. The molecule has 0 bridgehead atoms. The van der Waals surface area contributed by atoms with Gasteiger partial charge in [0.2, 0.25) is 5.91 Å². The first kappa shape index (κ1) is 19.8. The van der Waals surface area contributed by atoms with Crippen LogP contribution in [0.2, 0.25) is 0 Å². The summed E-state index contributed by atoms with van der Waals surface area (Å²) in [5, 5.41) is 5.50. The molecule has 0 aliphatic carbocycles. The van der Waals surface area contributed by atoms with Crippen molar-refractivity contribution in [2.24, 2.45) is 0 Å². The zero-order valence-corrected chi connectivity index (χ0v) is 18.3. The number of fused-ring (bicyclic) bond motifs is 1. The van der Waals surface area contributed by atoms with Gasteiger partial charge in [-0.25, -0.2) is 9.97 Å². The van der Waals surface area contributed by atoms with Crippen molar-refractivity contribution in [1.29, 1.82) is 0 Å². The summed E-state index contributed by atoms with van der Waals surface area (Å²) in [6.07, 6.45) is 0.728. The number of benzene rings is 1. The molecule has 1 N–H and O–H groups in total. The molecule has 1 atom stereocenters. The third-order valence-corrected chi connectivity index (χ3v) is 6.89. The largest absolute Gasteiger partial charge is 0.301 e. The summed E-state index contributed by atoms with van der Waals surface area (Å²) in [6.45, 7) is 12.3. The molecule has 2 heterocycles. The standard InChI is InChI=1S/C21H25N3OS2/c1-7-17(20(25)24-21-22-14(5)15(6)26-21)27-18-10-12(3)16-9-11(2)8-13(4)19(16)23-18/h8-10,17H,7H2,1-6H3,(H,22,24,25). The van der Waals surface area contributed by atoms with E-state index in [1.54, 1.807) is 0 Å². The lowest BCUT2D eigenvalue weighted by Crippen LogP contribution is -2.24. The molecular weight excluding hydrogens is 374 g/mol. The van der Waals surface area contributed by atoms with Crippen LogP contribution in [0.4, 0.5) is 5.13 Å². The Morgan fingerprint density at radius 3 is 2.48 bits per heavy atom. The molecule has 2 aromatic heterocycles. The molecule has 3 aromatic rings. The van der Waals surface area contributed by atoms with Crippen molar-refractivity contribution >= 4 is 45.0 Å². The number of nitrogens with zero attached hydrogens (tertiary/aromatic N) is 2. The quantitative estimate of drug-likeness (QED) is 0.556. The molecule has 6 heteroatoms. The fourth-order valence-electron chi connectivity index (χ4n) is 3.05. The van der Waals surface area contributed by atoms with Gasteiger partial charge < -0.3 is 5.32 Å². The fraction of sp³-hybridized carbons (Fsp3) is 0.381. The van der Waals surface area contributed by atoms with Crippen molar-refractivity contribution in [2.45, 2.75) is 58.2 Å². The molecule has 0 saturated heterocycles. The Morgan fingerprint density at radius 2 is 1.85 bits per heavy atom. The summed E-state index contributed by atoms with van der Waals surface area (Å²) < 4.78 is 0. The number of hydrogen-bond donors (Lipinski definition) is 1. The number of aromatic nitrogens is 2. The minimum absolute atomic E-state index is 0.0172. The monoisotopic (exact) mass is 399 g/mol. The average Bonchev–Trinajstić information content (AvgIpc) is 2.91. The molecule has 0 aliphatic heterocycles. The Kier molecular flexibility index (Phi) is 5.86. The van der Waals surface area contributed by atoms with Gasteiger partial charge in [-0.15, -0.1) is 11.3 Å². The maximum Gasteiger partial charge on any atom is 0.239 e. The molecule has 0 aliphatic rings. The van der Waals surface area contributed by atoms with Crippen LogP contribution in [-0.4, -0.2) is 21.1 Å². The molecule has 0 spiro atoms. The smallest absolute Gasteiger partial charge is 0.239 e. The van der Waals surface area contributed by atoms with E-state index in [2.05, 4.69) is 49.3 Å². The minimum Gasteiger partial charge on any atom is -0.301 e. The van der Waals surface area contributed by atoms with Crippen molar-refractivity contribution in [3.05, 3.63) is 45.5 Å². The van der Waals surface area contributed by atoms with Crippen LogP contribution in [0.3, 0.4) is 0 Å². The maximum absolute atomic E-state index is 12.7. The van der Waals surface area contributed by atoms with Gasteiger partial charge in [0.25, 0.3) is 0 Å². The number of carbonyl (C=O) groups excluding carboxylic acids is 1. The number of thiazole rings is 1. The first-order valence-corrected chi connectivity index (χ1v) is 10.8. The highest BCUT2D eigenvalue weighted by Gasteiger charge is 2.21. The summed E-state index contributed by atoms with van der Waals surface area (Å²) in [6, 6.07) is 6.41. The van der Waals surface area contributed by atoms with E-state index in [4.69, 9.17) is 4.98 Å². The Hall–Kier alpha value is -1.92. The van der Waals surface area contributed by atoms with Crippen LogP contribution < -0.4 is 5.32 Å². The number of thioether (sulfide) groups is 1. The Labute approximate surface area is 168 Å². The zero-order valence-electron chi connectivity index (χ0n) is 16.6. The van der Waals surface area contributed by atoms with Crippen molar-refractivity contribution in [3.63, 3.8) is 0 Å². The Morgan fingerprint density at radius 1 is 1.11 bits per heavy atom. The lowest BCUT2D eigenvalue weighted by molar-refractivity contribution is -0.115. The summed E-state index contributed by atoms with van der Waals surface area (Å²) in [5.41, 5.74) is 5.58. The number of pyridine rings is 1. The Balaban J connectivity index is 1.84. The predicted octanol–water partition coefficient (Wildman–Crippen LogP) is 5.74. The lowest BCUT2D eigenvalue weighted by atomic mass is 10.0. The van der Waals surface area contributed by atoms with E-state index >= 15 is 0 Å². The second-order valence-corrected chi connectivity index (χ2v) is 9.35. The highest BCUT2D eigenvalue weighted by atomic mass is 32.2. The molecule has 0 saturated carbocycles. The number of amides is 1. The summed E-state index contributed by atoms with van der Waals surface area (Å²) in [5.74, 6) is -0.0172. The number of nitrogens with one attached hydrogen (secondary N) is 1. The first-order chi connectivity index (χ1) is 12.8. The van der Waals surface area contributed by atoms with Crippen LogP contribution in [0.25, 0.3) is 10.9 Å². The van der Waals surface area contributed by atoms with Crippen molar-refractivity contribution in [3.8, 4) is 0 Å². The topological polar surface area (TPSA) is 54.9 Å². The van der Waals surface area contributed by atoms with E-state index in [1.807, 2.05) is 20.8 Å². The van der Waals surface area contributed by atoms with Crippen molar-refractivity contribution in [1.82, 2.24) is 9.97 Å². The van der Waals surface area contributed by atoms with Gasteiger partial charge in [-0.1, -0.05) is 30.3 Å². The molecule has 27 heavy (non-hydrogen) atoms. The third-order valence-electron chi connectivity index (χ3n) is 4.62. The zero-order chi connectivity index (χ0) is 19.7. The summed E-state index contributed by atoms with van der Waals surface area (Å²) in [4.78, 5) is 23.1. The maximum atomic E-state index is 12.7. The van der Waals surface area contributed by atoms with Crippen LogP contribution in [0, 0.1) is 34.6 Å². The normalized spacial score (nSPS) is 12.4. The van der Waals surface area contributed by atoms with E-state index < -0.39 is 0 Å². The molecule has 142 valence electrons. The SMILES string of the molecule is CCC(Sc1cc(C)c2cc(C)cc(C)c2n1)C(=O)Nc1nc(C)c(C)s1. The lowest BCUT2D eigenvalue weighted by Gasteiger charge is -2.15. The van der Waals surface area contributed by atoms with E-state index in [9.17, 15) is 4.79 Å². The van der Waals surface area contributed by atoms with Gasteiger partial charge in [0, 0.05) is 10.3 Å². The molecule has 0 radical (unpaired) electrons. The van der Waals surface area contributed by atoms with Gasteiger partial charge >= 0.3 is 0 Å². The summed E-state index contributed by atoms with van der Waals surface area (Å²) >= 11 is 3.04. The first-order valence-electron chi connectivity index (χ1n) is 9.08. The van der Waals surface area contributed by atoms with Crippen molar-refractivity contribution < 1.29 is 4.79 Å².